The second-order valence-corrected chi connectivity index (χ2v) is 3.67. The van der Waals surface area contributed by atoms with Crippen molar-refractivity contribution in [2.45, 2.75) is 6.23 Å². The fraction of sp³-hybridized carbons (Fsp3) is 0.300. The Hall–Kier alpha value is -2.53. The number of aliphatic hydroxyl groups excluding tert-OH is 1. The van der Waals surface area contributed by atoms with E-state index in [1.165, 1.54) is 12.3 Å². The lowest BCUT2D eigenvalue weighted by atomic mass is 10.1. The predicted molar refractivity (Wildman–Crippen MR) is 60.8 cm³/mol. The number of aliphatic hydroxyl groups is 1. The number of hydrogen-bond acceptors (Lipinski definition) is 7. The van der Waals surface area contributed by atoms with Gasteiger partial charge < -0.3 is 21.3 Å². The van der Waals surface area contributed by atoms with Crippen LogP contribution in [-0.2, 0) is 4.74 Å². The Morgan fingerprint density at radius 2 is 2.39 bits per heavy atom. The number of nitrogen functional groups attached to an aromatic ring is 1. The van der Waals surface area contributed by atoms with Crippen LogP contribution in [0.2, 0.25) is 0 Å². The molecule has 0 saturated heterocycles. The summed E-state index contributed by atoms with van der Waals surface area (Å²) in [4.78, 5) is 15.2. The molecule has 5 N–H and O–H groups in total. The molecule has 94 valence electrons. The monoisotopic (exact) mass is 249 g/mol. The van der Waals surface area contributed by atoms with Gasteiger partial charge in [0.25, 0.3) is 0 Å². The van der Waals surface area contributed by atoms with Gasteiger partial charge >= 0.3 is 5.69 Å². The number of rotatable bonds is 2. The lowest BCUT2D eigenvalue weighted by Crippen LogP contribution is -2.30. The summed E-state index contributed by atoms with van der Waals surface area (Å²) in [5.41, 5.74) is 10.1. The molecule has 0 fully saturated rings. The van der Waals surface area contributed by atoms with Crippen LogP contribution in [0.4, 0.5) is 5.82 Å². The van der Waals surface area contributed by atoms with Crippen molar-refractivity contribution in [3.05, 3.63) is 34.3 Å². The number of nitriles is 1. The highest BCUT2D eigenvalue weighted by molar-refractivity contribution is 5.25. The molecule has 0 amide bonds. The summed E-state index contributed by atoms with van der Waals surface area (Å²) in [5, 5.41) is 18.7. The highest BCUT2D eigenvalue weighted by Crippen LogP contribution is 2.34. The SMILES string of the molecule is N#CC1C(O)=C(CN)OC1n1ccc(N)nc1=O. The van der Waals surface area contributed by atoms with Gasteiger partial charge in [-0.05, 0) is 6.07 Å². The van der Waals surface area contributed by atoms with Crippen LogP contribution in [-0.4, -0.2) is 21.2 Å². The molecule has 2 atom stereocenters. The van der Waals surface area contributed by atoms with Gasteiger partial charge in [-0.25, -0.2) is 4.79 Å². The first kappa shape index (κ1) is 11.9. The Labute approximate surface area is 102 Å². The Balaban J connectivity index is 2.42. The maximum Gasteiger partial charge on any atom is 0.352 e. The molecule has 0 spiro atoms. The molecule has 2 rings (SSSR count). The van der Waals surface area contributed by atoms with E-state index in [-0.39, 0.29) is 23.9 Å². The first-order valence-electron chi connectivity index (χ1n) is 5.11. The third kappa shape index (κ3) is 1.76. The topological polar surface area (TPSA) is 140 Å². The van der Waals surface area contributed by atoms with Crippen molar-refractivity contribution >= 4 is 5.82 Å². The van der Waals surface area contributed by atoms with E-state index < -0.39 is 17.8 Å². The van der Waals surface area contributed by atoms with Gasteiger partial charge in [-0.2, -0.15) is 10.2 Å². The van der Waals surface area contributed by atoms with Gasteiger partial charge in [0.15, 0.2) is 17.4 Å². The van der Waals surface area contributed by atoms with E-state index in [1.54, 1.807) is 0 Å². The van der Waals surface area contributed by atoms with Crippen LogP contribution in [0, 0.1) is 17.2 Å². The van der Waals surface area contributed by atoms with Crippen molar-refractivity contribution in [2.24, 2.45) is 11.7 Å². The maximum atomic E-state index is 11.6. The maximum absolute atomic E-state index is 11.6. The van der Waals surface area contributed by atoms with Crippen LogP contribution in [0.5, 0.6) is 0 Å². The zero-order chi connectivity index (χ0) is 13.3. The largest absolute Gasteiger partial charge is 0.507 e. The normalized spacial score (nSPS) is 22.7. The van der Waals surface area contributed by atoms with Crippen LogP contribution in [0.15, 0.2) is 28.6 Å². The molecular weight excluding hydrogens is 238 g/mol. The molecule has 8 heteroatoms. The quantitative estimate of drug-likeness (QED) is 0.624. The van der Waals surface area contributed by atoms with E-state index in [2.05, 4.69) is 4.98 Å². The molecule has 0 aromatic carbocycles. The molecule has 8 nitrogen and oxygen atoms in total. The molecule has 1 aromatic heterocycles. The van der Waals surface area contributed by atoms with Gasteiger partial charge in [-0.15, -0.1) is 0 Å². The third-order valence-electron chi connectivity index (χ3n) is 2.58. The summed E-state index contributed by atoms with van der Waals surface area (Å²) in [6, 6.07) is 3.26. The Kier molecular flexibility index (Phi) is 2.91. The summed E-state index contributed by atoms with van der Waals surface area (Å²) in [6.07, 6.45) is 0.376. The Morgan fingerprint density at radius 1 is 1.67 bits per heavy atom. The van der Waals surface area contributed by atoms with E-state index in [1.807, 2.05) is 6.07 Å². The van der Waals surface area contributed by atoms with Crippen molar-refractivity contribution in [3.8, 4) is 6.07 Å². The van der Waals surface area contributed by atoms with Crippen molar-refractivity contribution in [1.29, 1.82) is 5.26 Å². The van der Waals surface area contributed by atoms with Gasteiger partial charge in [0.1, 0.15) is 5.82 Å². The number of nitrogens with two attached hydrogens (primary N) is 2. The number of aromatic nitrogens is 2. The van der Waals surface area contributed by atoms with E-state index in [9.17, 15) is 9.90 Å². The van der Waals surface area contributed by atoms with E-state index in [0.29, 0.717) is 0 Å². The number of hydrogen-bond donors (Lipinski definition) is 3. The van der Waals surface area contributed by atoms with Gasteiger partial charge in [-0.1, -0.05) is 0 Å². The average molecular weight is 249 g/mol. The van der Waals surface area contributed by atoms with Gasteiger partial charge in [0.2, 0.25) is 6.23 Å². The summed E-state index contributed by atoms with van der Waals surface area (Å²) in [6.45, 7) is -0.0579. The van der Waals surface area contributed by atoms with Crippen molar-refractivity contribution in [1.82, 2.24) is 9.55 Å². The van der Waals surface area contributed by atoms with Gasteiger partial charge in [0, 0.05) is 6.20 Å². The van der Waals surface area contributed by atoms with E-state index in [4.69, 9.17) is 21.5 Å². The minimum atomic E-state index is -0.994. The fourth-order valence-electron chi connectivity index (χ4n) is 1.70. The van der Waals surface area contributed by atoms with Crippen molar-refractivity contribution < 1.29 is 9.84 Å². The second kappa shape index (κ2) is 4.38. The Morgan fingerprint density at radius 3 is 2.94 bits per heavy atom. The summed E-state index contributed by atoms with van der Waals surface area (Å²) in [5.74, 6) is -1.09. The minimum absolute atomic E-state index is 0.0579. The molecule has 0 radical (unpaired) electrons. The smallest absolute Gasteiger partial charge is 0.352 e. The number of nitrogens with zero attached hydrogens (tertiary/aromatic N) is 3. The summed E-state index contributed by atoms with van der Waals surface area (Å²) >= 11 is 0. The molecule has 18 heavy (non-hydrogen) atoms. The van der Waals surface area contributed by atoms with Gasteiger partial charge in [0.05, 0.1) is 12.6 Å². The van der Waals surface area contributed by atoms with E-state index in [0.717, 1.165) is 4.57 Å². The second-order valence-electron chi connectivity index (χ2n) is 3.67. The molecule has 1 aliphatic heterocycles. The Bertz CT molecular complexity index is 600. The predicted octanol–water partition coefficient (Wildman–Crippen LogP) is -0.778. The van der Waals surface area contributed by atoms with Crippen molar-refractivity contribution in [2.75, 3.05) is 12.3 Å². The lowest BCUT2D eigenvalue weighted by molar-refractivity contribution is 0.0575. The zero-order valence-electron chi connectivity index (χ0n) is 9.28. The molecule has 1 aromatic rings. The van der Waals surface area contributed by atoms with Crippen LogP contribution < -0.4 is 17.2 Å². The first-order valence-corrected chi connectivity index (χ1v) is 5.11. The molecule has 1 aliphatic rings. The molecule has 2 unspecified atom stereocenters. The number of ether oxygens (including phenoxy) is 1. The summed E-state index contributed by atoms with van der Waals surface area (Å²) < 4.78 is 6.38. The zero-order valence-corrected chi connectivity index (χ0v) is 9.28. The van der Waals surface area contributed by atoms with Crippen LogP contribution in [0.1, 0.15) is 6.23 Å². The average Bonchev–Trinajstić information content (AvgIpc) is 2.65. The molecule has 0 saturated carbocycles. The molecule has 0 aliphatic carbocycles. The fourth-order valence-corrected chi connectivity index (χ4v) is 1.70. The molecule has 0 bridgehead atoms. The van der Waals surface area contributed by atoms with Gasteiger partial charge in [-0.3, -0.25) is 4.57 Å². The van der Waals surface area contributed by atoms with Crippen LogP contribution in [0.3, 0.4) is 0 Å². The first-order chi connectivity index (χ1) is 8.58. The lowest BCUT2D eigenvalue weighted by Gasteiger charge is -2.16. The van der Waals surface area contributed by atoms with E-state index >= 15 is 0 Å². The highest BCUT2D eigenvalue weighted by Gasteiger charge is 2.38. The summed E-state index contributed by atoms with van der Waals surface area (Å²) in [7, 11) is 0. The molecular formula is C10H11N5O3. The van der Waals surface area contributed by atoms with Crippen molar-refractivity contribution in [3.63, 3.8) is 0 Å². The minimum Gasteiger partial charge on any atom is -0.507 e. The highest BCUT2D eigenvalue weighted by atomic mass is 16.5. The molecule has 2 heterocycles. The standard InChI is InChI=1S/C10H11N5O3/c11-3-5-8(16)6(4-12)18-9(5)15-2-1-7(13)14-10(15)17/h1-2,5,9,16H,4,12H2,(H2,13,14,17). The third-order valence-corrected chi connectivity index (χ3v) is 2.58. The van der Waals surface area contributed by atoms with Crippen LogP contribution >= 0.6 is 0 Å². The van der Waals surface area contributed by atoms with Crippen LogP contribution in [0.25, 0.3) is 0 Å². The number of anilines is 1.